The first kappa shape index (κ1) is 20.9. The maximum atomic E-state index is 11.2. The lowest BCUT2D eigenvalue weighted by molar-refractivity contribution is 0.600. The van der Waals surface area contributed by atoms with Crippen LogP contribution in [0.3, 0.4) is 0 Å². The van der Waals surface area contributed by atoms with Gasteiger partial charge in [-0.15, -0.1) is 35.3 Å². The van der Waals surface area contributed by atoms with E-state index in [9.17, 15) is 8.42 Å². The van der Waals surface area contributed by atoms with E-state index in [4.69, 9.17) is 10.9 Å². The Labute approximate surface area is 163 Å². The van der Waals surface area contributed by atoms with Crippen molar-refractivity contribution >= 4 is 57.0 Å². The number of nitrogens with two attached hydrogens (primary N) is 2. The molecule has 1 aromatic heterocycles. The van der Waals surface area contributed by atoms with E-state index in [2.05, 4.69) is 30.2 Å². The number of nitrogens with one attached hydrogen (secondary N) is 1. The average Bonchev–Trinajstić information content (AvgIpc) is 2.94. The number of halogens is 1. The van der Waals surface area contributed by atoms with Gasteiger partial charge < -0.3 is 11.1 Å². The van der Waals surface area contributed by atoms with Gasteiger partial charge in [-0.3, -0.25) is 0 Å². The smallest absolute Gasteiger partial charge is 0.247 e. The summed E-state index contributed by atoms with van der Waals surface area (Å²) in [6, 6.07) is 11.1. The van der Waals surface area contributed by atoms with E-state index >= 15 is 0 Å². The van der Waals surface area contributed by atoms with Crippen molar-refractivity contribution in [3.8, 4) is 0 Å². The molecule has 132 valence electrons. The molecule has 1 heterocycles. The molecule has 1 aromatic carbocycles. The molecule has 2 aromatic rings. The Morgan fingerprint density at radius 1 is 1.29 bits per heavy atom. The Bertz CT molecular complexity index is 816. The summed E-state index contributed by atoms with van der Waals surface area (Å²) in [6.45, 7) is 4.54. The Kier molecular flexibility index (Phi) is 7.64. The molecule has 0 fully saturated rings. The number of thiophene rings is 1. The highest BCUT2D eigenvalue weighted by atomic mass is 127. The number of hydrogen-bond acceptors (Lipinski definition) is 4. The van der Waals surface area contributed by atoms with Crippen molar-refractivity contribution in [1.82, 2.24) is 0 Å². The fraction of sp³-hybridized carbons (Fsp3) is 0.267. The Morgan fingerprint density at radius 3 is 2.58 bits per heavy atom. The average molecular weight is 480 g/mol. The normalized spacial score (nSPS) is 12.1. The Morgan fingerprint density at radius 2 is 2.00 bits per heavy atom. The monoisotopic (exact) mass is 480 g/mol. The van der Waals surface area contributed by atoms with E-state index < -0.39 is 10.0 Å². The van der Waals surface area contributed by atoms with Crippen LogP contribution in [0.25, 0.3) is 0 Å². The third-order valence-electron chi connectivity index (χ3n) is 3.15. The molecular formula is C15H21IN4O2S2. The maximum absolute atomic E-state index is 11.2. The van der Waals surface area contributed by atoms with Crippen molar-refractivity contribution in [2.45, 2.75) is 30.5 Å². The van der Waals surface area contributed by atoms with Crippen LogP contribution in [-0.2, 0) is 16.6 Å². The zero-order valence-corrected chi connectivity index (χ0v) is 17.4. The molecule has 0 saturated heterocycles. The molecular weight excluding hydrogens is 459 g/mol. The van der Waals surface area contributed by atoms with Crippen molar-refractivity contribution in [2.75, 3.05) is 5.32 Å². The predicted octanol–water partition coefficient (Wildman–Crippen LogP) is 3.06. The lowest BCUT2D eigenvalue weighted by Crippen LogP contribution is -2.22. The second-order valence-corrected chi connectivity index (χ2v) is 8.33. The minimum absolute atomic E-state index is 0. The lowest BCUT2D eigenvalue weighted by atomic mass is 10.0. The summed E-state index contributed by atoms with van der Waals surface area (Å²) in [5.74, 6) is 0.703. The summed E-state index contributed by atoms with van der Waals surface area (Å²) in [4.78, 5) is 4.99. The zero-order valence-electron chi connectivity index (χ0n) is 13.4. The number of nitrogens with zero attached hydrogens (tertiary/aromatic N) is 1. The van der Waals surface area contributed by atoms with E-state index in [1.54, 1.807) is 6.07 Å². The van der Waals surface area contributed by atoms with Gasteiger partial charge in [-0.2, -0.15) is 0 Å². The molecule has 0 bridgehead atoms. The van der Waals surface area contributed by atoms with Crippen LogP contribution >= 0.6 is 35.3 Å². The van der Waals surface area contributed by atoms with Crippen molar-refractivity contribution in [2.24, 2.45) is 15.9 Å². The van der Waals surface area contributed by atoms with Gasteiger partial charge >= 0.3 is 0 Å². The zero-order chi connectivity index (χ0) is 17.0. The predicted molar refractivity (Wildman–Crippen MR) is 111 cm³/mol. The number of aliphatic imine (C=N–C) groups is 1. The van der Waals surface area contributed by atoms with Crippen LogP contribution in [0, 0.1) is 0 Å². The van der Waals surface area contributed by atoms with Crippen LogP contribution in [-0.4, -0.2) is 14.4 Å². The molecule has 24 heavy (non-hydrogen) atoms. The number of anilines is 1. The van der Waals surface area contributed by atoms with Gasteiger partial charge in [0.15, 0.2) is 5.96 Å². The fourth-order valence-electron chi connectivity index (χ4n) is 1.92. The Hall–Kier alpha value is -1.17. The van der Waals surface area contributed by atoms with Gasteiger partial charge in [-0.05, 0) is 35.7 Å². The highest BCUT2D eigenvalue weighted by Crippen LogP contribution is 2.21. The Balaban J connectivity index is 0.00000288. The third-order valence-corrected chi connectivity index (χ3v) is 5.66. The number of benzene rings is 1. The summed E-state index contributed by atoms with van der Waals surface area (Å²) < 4.78 is 22.6. The molecule has 0 aliphatic rings. The number of sulfonamides is 1. The van der Waals surface area contributed by atoms with E-state index in [0.717, 1.165) is 21.9 Å². The molecule has 0 atom stereocenters. The first-order valence-electron chi connectivity index (χ1n) is 7.04. The van der Waals surface area contributed by atoms with E-state index in [1.165, 1.54) is 11.6 Å². The fourth-order valence-corrected chi connectivity index (χ4v) is 3.63. The quantitative estimate of drug-likeness (QED) is 0.347. The second-order valence-electron chi connectivity index (χ2n) is 5.37. The molecule has 9 heteroatoms. The van der Waals surface area contributed by atoms with Crippen molar-refractivity contribution in [1.29, 1.82) is 0 Å². The maximum Gasteiger partial charge on any atom is 0.247 e. The van der Waals surface area contributed by atoms with Crippen molar-refractivity contribution in [3.63, 3.8) is 0 Å². The standard InChI is InChI=1S/C15H20N4O2S2.HI/c1-10(2)11-4-3-5-12(8-11)19-15(16)18-9-13-6-7-14(22-13)23(17,20)21;/h3-8,10H,9H2,1-2H3,(H3,16,18,19)(H2,17,20,21);1H. The lowest BCUT2D eigenvalue weighted by Gasteiger charge is -2.09. The van der Waals surface area contributed by atoms with Gasteiger partial charge in [0.2, 0.25) is 10.0 Å². The summed E-state index contributed by atoms with van der Waals surface area (Å²) in [5, 5.41) is 8.11. The molecule has 0 aliphatic carbocycles. The molecule has 5 N–H and O–H groups in total. The number of guanidine groups is 1. The van der Waals surface area contributed by atoms with E-state index in [0.29, 0.717) is 12.5 Å². The molecule has 2 rings (SSSR count). The molecule has 0 unspecified atom stereocenters. The summed E-state index contributed by atoms with van der Waals surface area (Å²) in [6.07, 6.45) is 0. The second kappa shape index (κ2) is 8.79. The molecule has 0 radical (unpaired) electrons. The first-order chi connectivity index (χ1) is 10.8. The number of primary sulfonamides is 1. The van der Waals surface area contributed by atoms with Crippen molar-refractivity contribution < 1.29 is 8.42 Å². The van der Waals surface area contributed by atoms with E-state index in [-0.39, 0.29) is 34.1 Å². The van der Waals surface area contributed by atoms with Gasteiger partial charge in [0.1, 0.15) is 4.21 Å². The van der Waals surface area contributed by atoms with Crippen LogP contribution in [0.4, 0.5) is 5.69 Å². The minimum Gasteiger partial charge on any atom is -0.370 e. The van der Waals surface area contributed by atoms with Crippen LogP contribution in [0.2, 0.25) is 0 Å². The van der Waals surface area contributed by atoms with Crippen molar-refractivity contribution in [3.05, 3.63) is 46.8 Å². The first-order valence-corrected chi connectivity index (χ1v) is 9.40. The summed E-state index contributed by atoms with van der Waals surface area (Å²) in [7, 11) is -3.66. The minimum atomic E-state index is -3.66. The SMILES string of the molecule is CC(C)c1cccc(NC(N)=NCc2ccc(S(N)(=O)=O)s2)c1.I. The molecule has 0 saturated carbocycles. The van der Waals surface area contributed by atoms with Gasteiger partial charge in [0, 0.05) is 10.6 Å². The van der Waals surface area contributed by atoms with Crippen LogP contribution in [0.5, 0.6) is 0 Å². The van der Waals surface area contributed by atoms with Gasteiger partial charge in [-0.1, -0.05) is 26.0 Å². The molecule has 6 nitrogen and oxygen atoms in total. The summed E-state index contributed by atoms with van der Waals surface area (Å²) in [5.41, 5.74) is 7.95. The highest BCUT2D eigenvalue weighted by molar-refractivity contribution is 14.0. The number of hydrogen-bond donors (Lipinski definition) is 3. The van der Waals surface area contributed by atoms with Crippen LogP contribution in [0.1, 0.15) is 30.2 Å². The third kappa shape index (κ3) is 6.04. The van der Waals surface area contributed by atoms with E-state index in [1.807, 2.05) is 18.2 Å². The number of rotatable bonds is 5. The topological polar surface area (TPSA) is 111 Å². The molecule has 0 amide bonds. The highest BCUT2D eigenvalue weighted by Gasteiger charge is 2.10. The molecule has 0 spiro atoms. The van der Waals surface area contributed by atoms with Gasteiger partial charge in [0.25, 0.3) is 0 Å². The summed E-state index contributed by atoms with van der Waals surface area (Å²) >= 11 is 1.09. The van der Waals surface area contributed by atoms with Gasteiger partial charge in [0.05, 0.1) is 6.54 Å². The van der Waals surface area contributed by atoms with Crippen LogP contribution in [0.15, 0.2) is 45.6 Å². The van der Waals surface area contributed by atoms with Gasteiger partial charge in [-0.25, -0.2) is 18.5 Å². The largest absolute Gasteiger partial charge is 0.370 e. The molecule has 0 aliphatic heterocycles. The van der Waals surface area contributed by atoms with Crippen LogP contribution < -0.4 is 16.2 Å².